The van der Waals surface area contributed by atoms with E-state index in [1.54, 1.807) is 0 Å². The molecule has 0 saturated carbocycles. The largest absolute Gasteiger partial charge is 0.489 e. The van der Waals surface area contributed by atoms with Crippen LogP contribution in [0.1, 0.15) is 12.7 Å². The van der Waals surface area contributed by atoms with Crippen LogP contribution in [0, 0.1) is 6.92 Å². The molecule has 3 nitrogen and oxygen atoms in total. The third kappa shape index (κ3) is 2.13. The Hall–Kier alpha value is -1.48. The Balaban J connectivity index is 2.30. The molecule has 0 radical (unpaired) electrons. The lowest BCUT2D eigenvalue weighted by Gasteiger charge is -2.11. The minimum Gasteiger partial charge on any atom is -0.489 e. The molecule has 80 valence electrons. The van der Waals surface area contributed by atoms with Gasteiger partial charge >= 0.3 is 0 Å². The van der Waals surface area contributed by atoms with Gasteiger partial charge in [-0.1, -0.05) is 0 Å². The normalized spacial score (nSPS) is 13.0. The van der Waals surface area contributed by atoms with E-state index in [4.69, 9.17) is 14.9 Å². The van der Waals surface area contributed by atoms with Gasteiger partial charge in [0.15, 0.2) is 0 Å². The summed E-state index contributed by atoms with van der Waals surface area (Å²) < 4.78 is 11.1. The molecule has 3 heteroatoms. The second-order valence-electron chi connectivity index (χ2n) is 3.72. The average Bonchev–Trinajstić information content (AvgIpc) is 2.57. The number of hydrogen-bond acceptors (Lipinski definition) is 3. The smallest absolute Gasteiger partial charge is 0.134 e. The maximum absolute atomic E-state index is 5.61. The van der Waals surface area contributed by atoms with Crippen LogP contribution in [0.15, 0.2) is 28.7 Å². The lowest BCUT2D eigenvalue weighted by molar-refractivity contribution is 0.230. The SMILES string of the molecule is Cc1cc2cc(O[C@@H](C)CN)ccc2o1. The molecule has 1 heterocycles. The average molecular weight is 205 g/mol. The number of hydrogen-bond donors (Lipinski definition) is 1. The number of benzene rings is 1. The van der Waals surface area contributed by atoms with Gasteiger partial charge < -0.3 is 14.9 Å². The first kappa shape index (κ1) is 10.1. The van der Waals surface area contributed by atoms with Gasteiger partial charge in [0.25, 0.3) is 0 Å². The number of furan rings is 1. The van der Waals surface area contributed by atoms with E-state index >= 15 is 0 Å². The van der Waals surface area contributed by atoms with Crippen molar-refractivity contribution in [3.63, 3.8) is 0 Å². The highest BCUT2D eigenvalue weighted by atomic mass is 16.5. The van der Waals surface area contributed by atoms with Crippen molar-refractivity contribution in [2.75, 3.05) is 6.54 Å². The fraction of sp³-hybridized carbons (Fsp3) is 0.333. The van der Waals surface area contributed by atoms with E-state index in [2.05, 4.69) is 0 Å². The third-order valence-electron chi connectivity index (χ3n) is 2.28. The van der Waals surface area contributed by atoms with Gasteiger partial charge in [-0.3, -0.25) is 0 Å². The van der Waals surface area contributed by atoms with Crippen LogP contribution in [0.5, 0.6) is 5.75 Å². The zero-order chi connectivity index (χ0) is 10.8. The molecule has 15 heavy (non-hydrogen) atoms. The Kier molecular flexibility index (Phi) is 2.64. The van der Waals surface area contributed by atoms with Crippen LogP contribution in [-0.4, -0.2) is 12.6 Å². The van der Waals surface area contributed by atoms with E-state index in [1.165, 1.54) is 0 Å². The lowest BCUT2D eigenvalue weighted by atomic mass is 10.2. The quantitative estimate of drug-likeness (QED) is 0.837. The molecule has 0 fully saturated rings. The molecule has 1 aromatic heterocycles. The van der Waals surface area contributed by atoms with Crippen molar-refractivity contribution >= 4 is 11.0 Å². The van der Waals surface area contributed by atoms with Gasteiger partial charge in [0, 0.05) is 11.9 Å². The number of rotatable bonds is 3. The molecule has 0 saturated heterocycles. The highest BCUT2D eigenvalue weighted by Crippen LogP contribution is 2.24. The number of fused-ring (bicyclic) bond motifs is 1. The monoisotopic (exact) mass is 205 g/mol. The van der Waals surface area contributed by atoms with Crippen LogP contribution in [0.4, 0.5) is 0 Å². The van der Waals surface area contributed by atoms with Crippen molar-refractivity contribution in [3.8, 4) is 5.75 Å². The molecule has 0 amide bonds. The molecule has 2 N–H and O–H groups in total. The van der Waals surface area contributed by atoms with Crippen molar-refractivity contribution in [1.29, 1.82) is 0 Å². The van der Waals surface area contributed by atoms with Gasteiger partial charge in [-0.25, -0.2) is 0 Å². The van der Waals surface area contributed by atoms with Gasteiger partial charge in [-0.2, -0.15) is 0 Å². The molecule has 2 rings (SSSR count). The van der Waals surface area contributed by atoms with Crippen molar-refractivity contribution in [2.45, 2.75) is 20.0 Å². The first-order chi connectivity index (χ1) is 7.19. The van der Waals surface area contributed by atoms with E-state index in [0.29, 0.717) is 6.54 Å². The fourth-order valence-electron chi connectivity index (χ4n) is 1.51. The molecular weight excluding hydrogens is 190 g/mol. The predicted octanol–water partition coefficient (Wildman–Crippen LogP) is 2.47. The standard InChI is InChI=1S/C12H15NO2/c1-8-5-10-6-11(14-9(2)7-13)3-4-12(10)15-8/h3-6,9H,7,13H2,1-2H3/t9-/m0/s1. The maximum atomic E-state index is 5.61. The molecular formula is C12H15NO2. The predicted molar refractivity (Wildman–Crippen MR) is 60.1 cm³/mol. The summed E-state index contributed by atoms with van der Waals surface area (Å²) in [7, 11) is 0. The highest BCUT2D eigenvalue weighted by Gasteiger charge is 2.04. The summed E-state index contributed by atoms with van der Waals surface area (Å²) in [5.41, 5.74) is 6.38. The van der Waals surface area contributed by atoms with E-state index in [1.807, 2.05) is 38.1 Å². The molecule has 0 spiro atoms. The van der Waals surface area contributed by atoms with Crippen molar-refractivity contribution in [3.05, 3.63) is 30.0 Å². The van der Waals surface area contributed by atoms with Gasteiger partial charge in [0.05, 0.1) is 0 Å². The Labute approximate surface area is 88.8 Å². The van der Waals surface area contributed by atoms with Crippen molar-refractivity contribution in [2.24, 2.45) is 5.73 Å². The third-order valence-corrected chi connectivity index (χ3v) is 2.28. The minimum absolute atomic E-state index is 0.0375. The summed E-state index contributed by atoms with van der Waals surface area (Å²) in [6.07, 6.45) is 0.0375. The second-order valence-corrected chi connectivity index (χ2v) is 3.72. The Morgan fingerprint density at radius 3 is 2.93 bits per heavy atom. The van der Waals surface area contributed by atoms with Crippen LogP contribution < -0.4 is 10.5 Å². The summed E-state index contributed by atoms with van der Waals surface area (Å²) >= 11 is 0. The minimum atomic E-state index is 0.0375. The zero-order valence-corrected chi connectivity index (χ0v) is 8.99. The molecule has 0 aliphatic heterocycles. The fourth-order valence-corrected chi connectivity index (χ4v) is 1.51. The van der Waals surface area contributed by atoms with E-state index in [-0.39, 0.29) is 6.10 Å². The van der Waals surface area contributed by atoms with Gasteiger partial charge in [0.2, 0.25) is 0 Å². The summed E-state index contributed by atoms with van der Waals surface area (Å²) in [5.74, 6) is 1.75. The zero-order valence-electron chi connectivity index (χ0n) is 8.99. The molecule has 0 bridgehead atoms. The Bertz CT molecular complexity index is 462. The topological polar surface area (TPSA) is 48.4 Å². The van der Waals surface area contributed by atoms with E-state index < -0.39 is 0 Å². The van der Waals surface area contributed by atoms with Crippen molar-refractivity contribution < 1.29 is 9.15 Å². The van der Waals surface area contributed by atoms with Crippen LogP contribution in [0.25, 0.3) is 11.0 Å². The van der Waals surface area contributed by atoms with E-state index in [0.717, 1.165) is 22.5 Å². The maximum Gasteiger partial charge on any atom is 0.134 e. The summed E-state index contributed by atoms with van der Waals surface area (Å²) in [4.78, 5) is 0. The summed E-state index contributed by atoms with van der Waals surface area (Å²) in [6.45, 7) is 4.40. The van der Waals surface area contributed by atoms with Gasteiger partial charge in [-0.15, -0.1) is 0 Å². The van der Waals surface area contributed by atoms with Crippen LogP contribution in [0.2, 0.25) is 0 Å². The van der Waals surface area contributed by atoms with E-state index in [9.17, 15) is 0 Å². The van der Waals surface area contributed by atoms with Crippen molar-refractivity contribution in [1.82, 2.24) is 0 Å². The lowest BCUT2D eigenvalue weighted by Crippen LogP contribution is -2.22. The molecule has 0 aliphatic carbocycles. The molecule has 0 aliphatic rings. The number of nitrogens with two attached hydrogens (primary N) is 1. The first-order valence-electron chi connectivity index (χ1n) is 5.06. The Morgan fingerprint density at radius 2 is 2.20 bits per heavy atom. The number of ether oxygens (including phenoxy) is 1. The molecule has 2 aromatic rings. The van der Waals surface area contributed by atoms with Crippen LogP contribution in [0.3, 0.4) is 0 Å². The van der Waals surface area contributed by atoms with Gasteiger partial charge in [0.1, 0.15) is 23.2 Å². The molecule has 1 atom stereocenters. The van der Waals surface area contributed by atoms with Crippen LogP contribution >= 0.6 is 0 Å². The first-order valence-corrected chi connectivity index (χ1v) is 5.06. The second kappa shape index (κ2) is 3.95. The summed E-state index contributed by atoms with van der Waals surface area (Å²) in [5, 5.41) is 1.06. The van der Waals surface area contributed by atoms with Crippen LogP contribution in [-0.2, 0) is 0 Å². The highest BCUT2D eigenvalue weighted by molar-refractivity contribution is 5.79. The van der Waals surface area contributed by atoms with Gasteiger partial charge in [-0.05, 0) is 38.1 Å². The number of aryl methyl sites for hydroxylation is 1. The summed E-state index contributed by atoms with van der Waals surface area (Å²) in [6, 6.07) is 7.78. The molecule has 1 aromatic carbocycles. The Morgan fingerprint density at radius 1 is 1.40 bits per heavy atom. The molecule has 0 unspecified atom stereocenters.